The van der Waals surface area contributed by atoms with E-state index in [1.165, 1.54) is 23.9 Å². The van der Waals surface area contributed by atoms with E-state index >= 15 is 0 Å². The molecule has 1 unspecified atom stereocenters. The van der Waals surface area contributed by atoms with Crippen molar-refractivity contribution in [1.29, 1.82) is 0 Å². The third-order valence-electron chi connectivity index (χ3n) is 3.61. The number of nitrogens with zero attached hydrogens (tertiary/aromatic N) is 6. The first-order chi connectivity index (χ1) is 9.36. The molecular weight excluding hydrogens is 242 g/mol. The highest BCUT2D eigenvalue weighted by Gasteiger charge is 2.17. The second kappa shape index (κ2) is 5.48. The summed E-state index contributed by atoms with van der Waals surface area (Å²) in [5, 5.41) is 19.3. The molecule has 0 aromatic carbocycles. The predicted molar refractivity (Wildman–Crippen MR) is 72.1 cm³/mol. The van der Waals surface area contributed by atoms with Crippen LogP contribution >= 0.6 is 0 Å². The van der Waals surface area contributed by atoms with Gasteiger partial charge in [-0.25, -0.2) is 0 Å². The van der Waals surface area contributed by atoms with E-state index in [2.05, 4.69) is 37.8 Å². The lowest BCUT2D eigenvalue weighted by molar-refractivity contribution is 0.399. The van der Waals surface area contributed by atoms with Crippen LogP contribution in [-0.2, 0) is 0 Å². The Labute approximate surface area is 112 Å². The number of fused-ring (bicyclic) bond motifs is 1. The van der Waals surface area contributed by atoms with Gasteiger partial charge in [-0.2, -0.15) is 0 Å². The van der Waals surface area contributed by atoms with Crippen LogP contribution in [0.25, 0.3) is 5.65 Å². The minimum atomic E-state index is 0.556. The number of hydrogen-bond donors (Lipinski definition) is 1. The molecule has 0 radical (unpaired) electrons. The van der Waals surface area contributed by atoms with Gasteiger partial charge >= 0.3 is 0 Å². The molecule has 19 heavy (non-hydrogen) atoms. The lowest BCUT2D eigenvalue weighted by atomic mass is 10.0. The summed E-state index contributed by atoms with van der Waals surface area (Å²) < 4.78 is 1.48. The number of hydrogen-bond acceptors (Lipinski definition) is 6. The van der Waals surface area contributed by atoms with E-state index in [4.69, 9.17) is 0 Å². The standard InChI is InChI=1S/C12H19N7/c1-2-18(9-10-5-3-4-8-13-10)12-7-6-11-14-16-17-19(11)15-12/h6-7,10,13H,2-5,8-9H2,1H3. The van der Waals surface area contributed by atoms with Gasteiger partial charge in [-0.3, -0.25) is 0 Å². The monoisotopic (exact) mass is 261 g/mol. The van der Waals surface area contributed by atoms with Gasteiger partial charge in [0.25, 0.3) is 0 Å². The quantitative estimate of drug-likeness (QED) is 0.863. The van der Waals surface area contributed by atoms with Crippen molar-refractivity contribution in [2.24, 2.45) is 0 Å². The Morgan fingerprint density at radius 3 is 3.16 bits per heavy atom. The first-order valence-corrected chi connectivity index (χ1v) is 6.90. The highest BCUT2D eigenvalue weighted by Crippen LogP contribution is 2.14. The number of rotatable bonds is 4. The number of anilines is 1. The molecule has 1 atom stereocenters. The third kappa shape index (κ3) is 2.65. The summed E-state index contributed by atoms with van der Waals surface area (Å²) in [7, 11) is 0. The lowest BCUT2D eigenvalue weighted by Crippen LogP contribution is -2.44. The fraction of sp³-hybridized carbons (Fsp3) is 0.667. The Morgan fingerprint density at radius 1 is 1.42 bits per heavy atom. The zero-order chi connectivity index (χ0) is 13.1. The van der Waals surface area contributed by atoms with Gasteiger partial charge < -0.3 is 10.2 Å². The van der Waals surface area contributed by atoms with Crippen molar-refractivity contribution in [2.45, 2.75) is 32.2 Å². The topological polar surface area (TPSA) is 71.2 Å². The van der Waals surface area contributed by atoms with Crippen molar-refractivity contribution in [3.05, 3.63) is 12.1 Å². The third-order valence-corrected chi connectivity index (χ3v) is 3.61. The Bertz CT molecular complexity index is 532. The molecule has 1 saturated heterocycles. The fourth-order valence-electron chi connectivity index (χ4n) is 2.54. The molecule has 7 heteroatoms. The Hall–Kier alpha value is -1.76. The predicted octanol–water partition coefficient (Wildman–Crippen LogP) is 0.488. The van der Waals surface area contributed by atoms with Gasteiger partial charge in [0.2, 0.25) is 0 Å². The van der Waals surface area contributed by atoms with Crippen LogP contribution in [0.4, 0.5) is 5.82 Å². The lowest BCUT2D eigenvalue weighted by Gasteiger charge is -2.30. The number of aromatic nitrogens is 5. The van der Waals surface area contributed by atoms with E-state index in [9.17, 15) is 0 Å². The van der Waals surface area contributed by atoms with Crippen molar-refractivity contribution >= 4 is 11.5 Å². The average Bonchev–Trinajstić information content (AvgIpc) is 2.93. The van der Waals surface area contributed by atoms with E-state index in [1.54, 1.807) is 0 Å². The maximum Gasteiger partial charge on any atom is 0.200 e. The molecule has 3 heterocycles. The van der Waals surface area contributed by atoms with Crippen LogP contribution in [-0.4, -0.2) is 50.9 Å². The van der Waals surface area contributed by atoms with E-state index in [-0.39, 0.29) is 0 Å². The van der Waals surface area contributed by atoms with Crippen molar-refractivity contribution in [3.8, 4) is 0 Å². The number of nitrogens with one attached hydrogen (secondary N) is 1. The van der Waals surface area contributed by atoms with E-state index in [1.807, 2.05) is 12.1 Å². The van der Waals surface area contributed by atoms with Gasteiger partial charge in [-0.15, -0.1) is 14.8 Å². The SMILES string of the molecule is CCN(CC1CCCCN1)c1ccc2nnnn2n1. The maximum absolute atomic E-state index is 4.45. The summed E-state index contributed by atoms with van der Waals surface area (Å²) in [5.41, 5.74) is 0.676. The second-order valence-electron chi connectivity index (χ2n) is 4.90. The number of tetrazole rings is 1. The highest BCUT2D eigenvalue weighted by molar-refractivity contribution is 5.44. The Kier molecular flexibility index (Phi) is 3.54. The average molecular weight is 261 g/mol. The second-order valence-corrected chi connectivity index (χ2v) is 4.90. The summed E-state index contributed by atoms with van der Waals surface area (Å²) in [4.78, 5) is 2.27. The van der Waals surface area contributed by atoms with Gasteiger partial charge in [0.15, 0.2) is 11.5 Å². The Balaban J connectivity index is 1.76. The van der Waals surface area contributed by atoms with E-state index < -0.39 is 0 Å². The van der Waals surface area contributed by atoms with Crippen molar-refractivity contribution in [2.75, 3.05) is 24.5 Å². The zero-order valence-corrected chi connectivity index (χ0v) is 11.2. The first kappa shape index (κ1) is 12.3. The van der Waals surface area contributed by atoms with Gasteiger partial charge in [0.05, 0.1) is 0 Å². The van der Waals surface area contributed by atoms with E-state index in [0.717, 1.165) is 25.5 Å². The minimum Gasteiger partial charge on any atom is -0.354 e. The molecule has 0 bridgehead atoms. The smallest absolute Gasteiger partial charge is 0.200 e. The molecule has 1 aliphatic rings. The molecule has 1 fully saturated rings. The molecule has 3 rings (SSSR count). The summed E-state index contributed by atoms with van der Waals surface area (Å²) in [5.74, 6) is 0.926. The van der Waals surface area contributed by atoms with Gasteiger partial charge in [-0.05, 0) is 48.9 Å². The molecule has 0 aliphatic carbocycles. The molecule has 2 aromatic heterocycles. The fourth-order valence-corrected chi connectivity index (χ4v) is 2.54. The van der Waals surface area contributed by atoms with Crippen molar-refractivity contribution in [1.82, 2.24) is 30.6 Å². The summed E-state index contributed by atoms with van der Waals surface area (Å²) >= 11 is 0. The van der Waals surface area contributed by atoms with Crippen LogP contribution in [0, 0.1) is 0 Å². The Morgan fingerprint density at radius 2 is 2.37 bits per heavy atom. The molecule has 0 amide bonds. The molecule has 0 spiro atoms. The minimum absolute atomic E-state index is 0.556. The summed E-state index contributed by atoms with van der Waals surface area (Å²) in [6.45, 7) is 5.19. The normalized spacial score (nSPS) is 19.7. The summed E-state index contributed by atoms with van der Waals surface area (Å²) in [6, 6.07) is 4.44. The maximum atomic E-state index is 4.45. The largest absolute Gasteiger partial charge is 0.354 e. The zero-order valence-electron chi connectivity index (χ0n) is 11.2. The van der Waals surface area contributed by atoms with Crippen LogP contribution in [0.1, 0.15) is 26.2 Å². The van der Waals surface area contributed by atoms with Gasteiger partial charge in [0.1, 0.15) is 0 Å². The van der Waals surface area contributed by atoms with E-state index in [0.29, 0.717) is 11.7 Å². The van der Waals surface area contributed by atoms with Crippen molar-refractivity contribution in [3.63, 3.8) is 0 Å². The van der Waals surface area contributed by atoms with Crippen LogP contribution < -0.4 is 10.2 Å². The van der Waals surface area contributed by atoms with Gasteiger partial charge in [0, 0.05) is 19.1 Å². The van der Waals surface area contributed by atoms with Crippen LogP contribution in [0.5, 0.6) is 0 Å². The number of piperidine rings is 1. The molecule has 1 aliphatic heterocycles. The molecule has 1 N–H and O–H groups in total. The molecule has 0 saturated carbocycles. The van der Waals surface area contributed by atoms with Crippen molar-refractivity contribution < 1.29 is 0 Å². The molecule has 7 nitrogen and oxygen atoms in total. The first-order valence-electron chi connectivity index (χ1n) is 6.90. The van der Waals surface area contributed by atoms with Crippen LogP contribution in [0.15, 0.2) is 12.1 Å². The molecule has 102 valence electrons. The highest BCUT2D eigenvalue weighted by atomic mass is 15.6. The van der Waals surface area contributed by atoms with Crippen LogP contribution in [0.2, 0.25) is 0 Å². The van der Waals surface area contributed by atoms with Crippen LogP contribution in [0.3, 0.4) is 0 Å². The molecule has 2 aromatic rings. The van der Waals surface area contributed by atoms with Gasteiger partial charge in [-0.1, -0.05) is 6.42 Å². The molecular formula is C12H19N7. The number of likely N-dealkylation sites (N-methyl/N-ethyl adjacent to an activating group) is 1. The summed E-state index contributed by atoms with van der Waals surface area (Å²) in [6.07, 6.45) is 3.84.